The first-order valence-electron chi connectivity index (χ1n) is 8.54. The second-order valence-electron chi connectivity index (χ2n) is 5.43. The molecule has 1 unspecified atom stereocenters. The van der Waals surface area contributed by atoms with E-state index in [9.17, 15) is 0 Å². The fraction of sp³-hybridized carbons (Fsp3) is 0.368. The van der Waals surface area contributed by atoms with Gasteiger partial charge in [0.25, 0.3) is 0 Å². The average Bonchev–Trinajstić information content (AvgIpc) is 2.65. The first-order valence-corrected chi connectivity index (χ1v) is 9.42. The molecule has 0 bridgehead atoms. The Labute approximate surface area is 154 Å². The Bertz CT molecular complexity index is 622. The maximum atomic E-state index is 5.63. The van der Waals surface area contributed by atoms with Gasteiger partial charge in [-0.15, -0.1) is 11.8 Å². The first kappa shape index (κ1) is 19.1. The van der Waals surface area contributed by atoms with E-state index >= 15 is 0 Å². The topological polar surface area (TPSA) is 58.5 Å². The van der Waals surface area contributed by atoms with Crippen LogP contribution in [0.1, 0.15) is 13.8 Å². The lowest BCUT2D eigenvalue weighted by molar-refractivity contribution is 0.320. The van der Waals surface area contributed by atoms with Gasteiger partial charge in [-0.05, 0) is 31.2 Å². The van der Waals surface area contributed by atoms with Gasteiger partial charge in [0.15, 0.2) is 5.96 Å². The molecule has 0 amide bonds. The van der Waals surface area contributed by atoms with Crippen molar-refractivity contribution in [3.63, 3.8) is 0 Å². The molecule has 0 aliphatic carbocycles. The van der Waals surface area contributed by atoms with Crippen LogP contribution < -0.4 is 15.4 Å². The molecule has 0 fully saturated rings. The predicted molar refractivity (Wildman–Crippen MR) is 105 cm³/mol. The summed E-state index contributed by atoms with van der Waals surface area (Å²) in [6.45, 7) is 7.07. The quantitative estimate of drug-likeness (QED) is 0.312. The van der Waals surface area contributed by atoms with Gasteiger partial charge in [0.05, 0.1) is 19.3 Å². The van der Waals surface area contributed by atoms with Crippen molar-refractivity contribution in [2.75, 3.05) is 26.2 Å². The molecule has 1 heterocycles. The fourth-order valence-electron chi connectivity index (χ4n) is 2.10. The monoisotopic (exact) mass is 358 g/mol. The molecular formula is C19H26N4OS. The van der Waals surface area contributed by atoms with Crippen molar-refractivity contribution >= 4 is 17.7 Å². The summed E-state index contributed by atoms with van der Waals surface area (Å²) < 4.78 is 5.63. The molecule has 1 aromatic carbocycles. The Morgan fingerprint density at radius 1 is 1.20 bits per heavy atom. The van der Waals surface area contributed by atoms with Crippen LogP contribution in [0.3, 0.4) is 0 Å². The number of pyridine rings is 1. The molecule has 0 aliphatic rings. The maximum absolute atomic E-state index is 5.63. The van der Waals surface area contributed by atoms with Crippen LogP contribution in [0.5, 0.6) is 5.75 Å². The Balaban J connectivity index is 1.73. The fourth-order valence-corrected chi connectivity index (χ4v) is 3.03. The number of thioether (sulfide) groups is 1. The molecule has 6 heteroatoms. The Morgan fingerprint density at radius 3 is 2.76 bits per heavy atom. The van der Waals surface area contributed by atoms with E-state index < -0.39 is 0 Å². The van der Waals surface area contributed by atoms with Gasteiger partial charge >= 0.3 is 0 Å². The van der Waals surface area contributed by atoms with Crippen LogP contribution >= 0.6 is 11.8 Å². The number of nitrogens with one attached hydrogen (secondary N) is 2. The number of benzene rings is 1. The first-order chi connectivity index (χ1) is 12.3. The van der Waals surface area contributed by atoms with E-state index in [0.717, 1.165) is 24.8 Å². The molecule has 1 aromatic heterocycles. The standard InChI is InChI=1S/C19H26N4OS/c1-3-21-19(22-12-13-24-17-8-7-11-20-15-17)23-14-16(2)25-18-9-5-4-6-10-18/h4-11,15-16H,3,12-14H2,1-2H3,(H2,21,22,23). The number of aliphatic imine (C=N–C) groups is 1. The van der Waals surface area contributed by atoms with E-state index in [1.54, 1.807) is 12.4 Å². The molecule has 2 rings (SSSR count). The van der Waals surface area contributed by atoms with E-state index in [1.165, 1.54) is 4.90 Å². The third kappa shape index (κ3) is 7.94. The zero-order valence-electron chi connectivity index (χ0n) is 14.8. The second kappa shape index (κ2) is 11.4. The zero-order valence-corrected chi connectivity index (χ0v) is 15.6. The van der Waals surface area contributed by atoms with Crippen LogP contribution in [-0.4, -0.2) is 42.4 Å². The van der Waals surface area contributed by atoms with Crippen molar-refractivity contribution in [3.05, 3.63) is 54.9 Å². The van der Waals surface area contributed by atoms with E-state index in [1.807, 2.05) is 30.0 Å². The molecule has 0 radical (unpaired) electrons. The van der Waals surface area contributed by atoms with Crippen LogP contribution in [0.15, 0.2) is 64.7 Å². The summed E-state index contributed by atoms with van der Waals surface area (Å²) >= 11 is 1.83. The third-order valence-corrected chi connectivity index (χ3v) is 4.32. The molecule has 2 aromatic rings. The number of nitrogens with zero attached hydrogens (tertiary/aromatic N) is 2. The van der Waals surface area contributed by atoms with Gasteiger partial charge in [-0.2, -0.15) is 0 Å². The van der Waals surface area contributed by atoms with Gasteiger partial charge in [-0.25, -0.2) is 0 Å². The highest BCUT2D eigenvalue weighted by molar-refractivity contribution is 8.00. The molecule has 1 atom stereocenters. The lowest BCUT2D eigenvalue weighted by Gasteiger charge is -2.14. The van der Waals surface area contributed by atoms with Gasteiger partial charge in [-0.1, -0.05) is 25.1 Å². The van der Waals surface area contributed by atoms with Crippen LogP contribution in [0.2, 0.25) is 0 Å². The van der Waals surface area contributed by atoms with Gasteiger partial charge < -0.3 is 15.4 Å². The van der Waals surface area contributed by atoms with Gasteiger partial charge in [0, 0.05) is 22.9 Å². The molecule has 0 saturated carbocycles. The number of hydrogen-bond donors (Lipinski definition) is 2. The Kier molecular flexibility index (Phi) is 8.69. The molecule has 134 valence electrons. The maximum Gasteiger partial charge on any atom is 0.191 e. The van der Waals surface area contributed by atoms with Crippen molar-refractivity contribution in [1.82, 2.24) is 15.6 Å². The van der Waals surface area contributed by atoms with Crippen molar-refractivity contribution < 1.29 is 4.74 Å². The summed E-state index contributed by atoms with van der Waals surface area (Å²) in [6, 6.07) is 14.2. The van der Waals surface area contributed by atoms with Crippen molar-refractivity contribution in [3.8, 4) is 5.75 Å². The smallest absolute Gasteiger partial charge is 0.191 e. The summed E-state index contributed by atoms with van der Waals surface area (Å²) in [6.07, 6.45) is 3.44. The minimum absolute atomic E-state index is 0.407. The van der Waals surface area contributed by atoms with Crippen LogP contribution in [0.25, 0.3) is 0 Å². The highest BCUT2D eigenvalue weighted by atomic mass is 32.2. The van der Waals surface area contributed by atoms with Crippen molar-refractivity contribution in [2.24, 2.45) is 4.99 Å². The highest BCUT2D eigenvalue weighted by Crippen LogP contribution is 2.22. The van der Waals surface area contributed by atoms with Crippen LogP contribution in [0.4, 0.5) is 0 Å². The number of guanidine groups is 1. The lowest BCUT2D eigenvalue weighted by Crippen LogP contribution is -2.39. The molecule has 0 saturated heterocycles. The number of aromatic nitrogens is 1. The summed E-state index contributed by atoms with van der Waals surface area (Å²) in [4.78, 5) is 9.96. The van der Waals surface area contributed by atoms with Crippen LogP contribution in [-0.2, 0) is 0 Å². The summed E-state index contributed by atoms with van der Waals surface area (Å²) in [5.41, 5.74) is 0. The highest BCUT2D eigenvalue weighted by Gasteiger charge is 2.04. The van der Waals surface area contributed by atoms with Gasteiger partial charge in [0.1, 0.15) is 12.4 Å². The third-order valence-electron chi connectivity index (χ3n) is 3.23. The molecule has 5 nitrogen and oxygen atoms in total. The lowest BCUT2D eigenvalue weighted by atomic mass is 10.4. The summed E-state index contributed by atoms with van der Waals surface area (Å²) in [7, 11) is 0. The predicted octanol–water partition coefficient (Wildman–Crippen LogP) is 3.20. The minimum atomic E-state index is 0.407. The van der Waals surface area contributed by atoms with E-state index in [4.69, 9.17) is 4.74 Å². The SMILES string of the molecule is CCNC(=NCC(C)Sc1ccccc1)NCCOc1cccnc1. The van der Waals surface area contributed by atoms with Crippen LogP contribution in [0, 0.1) is 0 Å². The summed E-state index contributed by atoms with van der Waals surface area (Å²) in [5, 5.41) is 6.96. The largest absolute Gasteiger partial charge is 0.490 e. The van der Waals surface area contributed by atoms with Crippen molar-refractivity contribution in [2.45, 2.75) is 24.0 Å². The summed E-state index contributed by atoms with van der Waals surface area (Å²) in [5.74, 6) is 1.59. The number of hydrogen-bond acceptors (Lipinski definition) is 4. The van der Waals surface area contributed by atoms with E-state index in [0.29, 0.717) is 18.4 Å². The van der Waals surface area contributed by atoms with E-state index in [-0.39, 0.29) is 0 Å². The Morgan fingerprint density at radius 2 is 2.04 bits per heavy atom. The van der Waals surface area contributed by atoms with Gasteiger partial charge in [-0.3, -0.25) is 9.98 Å². The normalized spacial score (nSPS) is 12.5. The Hall–Kier alpha value is -2.21. The molecule has 0 aliphatic heterocycles. The van der Waals surface area contributed by atoms with Crippen molar-refractivity contribution in [1.29, 1.82) is 0 Å². The number of rotatable bonds is 9. The molecule has 2 N–H and O–H groups in total. The molecule has 25 heavy (non-hydrogen) atoms. The second-order valence-corrected chi connectivity index (χ2v) is 6.94. The van der Waals surface area contributed by atoms with Gasteiger partial charge in [0.2, 0.25) is 0 Å². The average molecular weight is 359 g/mol. The van der Waals surface area contributed by atoms with E-state index in [2.05, 4.69) is 58.7 Å². The molecule has 0 spiro atoms. The zero-order chi connectivity index (χ0) is 17.7. The minimum Gasteiger partial charge on any atom is -0.490 e. The molecular weight excluding hydrogens is 332 g/mol. The number of ether oxygens (including phenoxy) is 1.